The van der Waals surface area contributed by atoms with E-state index in [1.807, 2.05) is 19.9 Å². The van der Waals surface area contributed by atoms with Crippen molar-refractivity contribution in [1.82, 2.24) is 15.2 Å². The minimum Gasteiger partial charge on any atom is -0.356 e. The van der Waals surface area contributed by atoms with Crippen molar-refractivity contribution in [2.24, 2.45) is 11.8 Å². The van der Waals surface area contributed by atoms with Crippen LogP contribution in [0.3, 0.4) is 0 Å². The van der Waals surface area contributed by atoms with E-state index < -0.39 is 29.4 Å². The summed E-state index contributed by atoms with van der Waals surface area (Å²) in [6.45, 7) is 4.42. The number of nitrogens with one attached hydrogen (secondary N) is 2. The molecule has 0 aliphatic carbocycles. The molecule has 8 heteroatoms. The molecule has 1 aliphatic heterocycles. The standard InChI is InChI=1S/C22H25FN4O3/c1-13(2)9-19(21(29)26-17(12-24)10-15-5-7-25-20(15)28)27-8-6-14-3-4-16(23)11-18(14)22(27)30/h3-4,6,8,11,13,15,17,19H,5,7,9-10H2,1-2H3,(H,25,28)(H,26,29)/t15-,17-,19-/m0/s1. The highest BCUT2D eigenvalue weighted by atomic mass is 19.1. The van der Waals surface area contributed by atoms with Crippen LogP contribution in [0.2, 0.25) is 0 Å². The van der Waals surface area contributed by atoms with E-state index in [0.717, 1.165) is 6.07 Å². The third kappa shape index (κ3) is 4.67. The first-order chi connectivity index (χ1) is 14.3. The van der Waals surface area contributed by atoms with E-state index in [1.165, 1.54) is 22.9 Å². The van der Waals surface area contributed by atoms with Gasteiger partial charge in [0.15, 0.2) is 0 Å². The molecule has 158 valence electrons. The molecule has 2 amide bonds. The average Bonchev–Trinajstić information content (AvgIpc) is 3.11. The number of halogens is 1. The molecule has 1 fully saturated rings. The number of hydrogen-bond acceptors (Lipinski definition) is 4. The Kier molecular flexibility index (Phi) is 6.50. The number of nitriles is 1. The monoisotopic (exact) mass is 412 g/mol. The highest BCUT2D eigenvalue weighted by Gasteiger charge is 2.30. The SMILES string of the molecule is CC(C)C[C@@H](C(=O)N[C@H](C#N)C[C@@H]1CCNC1=O)n1ccc2ccc(F)cc2c1=O. The Morgan fingerprint density at radius 1 is 1.37 bits per heavy atom. The van der Waals surface area contributed by atoms with E-state index >= 15 is 0 Å². The van der Waals surface area contributed by atoms with Gasteiger partial charge in [-0.25, -0.2) is 4.39 Å². The Morgan fingerprint density at radius 3 is 2.77 bits per heavy atom. The maximum Gasteiger partial charge on any atom is 0.259 e. The summed E-state index contributed by atoms with van der Waals surface area (Å²) in [6, 6.07) is 5.98. The number of amides is 2. The normalized spacial score (nSPS) is 18.1. The van der Waals surface area contributed by atoms with E-state index in [-0.39, 0.29) is 29.6 Å². The molecule has 1 aromatic heterocycles. The smallest absolute Gasteiger partial charge is 0.259 e. The van der Waals surface area contributed by atoms with Crippen molar-refractivity contribution in [3.05, 3.63) is 46.6 Å². The molecule has 0 bridgehead atoms. The molecule has 2 aromatic rings. The highest BCUT2D eigenvalue weighted by Crippen LogP contribution is 2.21. The van der Waals surface area contributed by atoms with Crippen molar-refractivity contribution in [3.8, 4) is 6.07 Å². The largest absolute Gasteiger partial charge is 0.356 e. The predicted molar refractivity (Wildman–Crippen MR) is 110 cm³/mol. The van der Waals surface area contributed by atoms with Crippen molar-refractivity contribution in [3.63, 3.8) is 0 Å². The molecule has 0 unspecified atom stereocenters. The summed E-state index contributed by atoms with van der Waals surface area (Å²) < 4.78 is 15.0. The number of pyridine rings is 1. The van der Waals surface area contributed by atoms with Gasteiger partial charge >= 0.3 is 0 Å². The van der Waals surface area contributed by atoms with E-state index in [0.29, 0.717) is 24.8 Å². The Bertz CT molecular complexity index is 1060. The molecule has 1 aromatic carbocycles. The Morgan fingerprint density at radius 2 is 2.13 bits per heavy atom. The van der Waals surface area contributed by atoms with E-state index in [9.17, 15) is 24.0 Å². The van der Waals surface area contributed by atoms with E-state index in [1.54, 1.807) is 6.07 Å². The van der Waals surface area contributed by atoms with Crippen LogP contribution in [0.15, 0.2) is 35.3 Å². The van der Waals surface area contributed by atoms with Gasteiger partial charge in [0.1, 0.15) is 17.9 Å². The molecule has 0 radical (unpaired) electrons. The molecule has 0 spiro atoms. The molecule has 1 saturated heterocycles. The number of hydrogen-bond donors (Lipinski definition) is 2. The van der Waals surface area contributed by atoms with Crippen LogP contribution < -0.4 is 16.2 Å². The number of rotatable bonds is 7. The molecule has 30 heavy (non-hydrogen) atoms. The zero-order chi connectivity index (χ0) is 21.8. The lowest BCUT2D eigenvalue weighted by Gasteiger charge is -2.23. The zero-order valence-electron chi connectivity index (χ0n) is 17.0. The molecule has 0 saturated carbocycles. The molecule has 2 N–H and O–H groups in total. The van der Waals surface area contributed by atoms with Crippen LogP contribution in [-0.4, -0.2) is 29.0 Å². The number of carbonyl (C=O) groups is 2. The third-order valence-electron chi connectivity index (χ3n) is 5.38. The summed E-state index contributed by atoms with van der Waals surface area (Å²) in [5.74, 6) is -1.33. The fourth-order valence-corrected chi connectivity index (χ4v) is 3.83. The van der Waals surface area contributed by atoms with Crippen LogP contribution in [0.1, 0.15) is 39.2 Å². The number of nitrogens with zero attached hydrogens (tertiary/aromatic N) is 2. The fraction of sp³-hybridized carbons (Fsp3) is 0.455. The molecule has 1 aliphatic rings. The summed E-state index contributed by atoms with van der Waals surface area (Å²) in [5.41, 5.74) is -0.462. The maximum atomic E-state index is 13.7. The molecular formula is C22H25FN4O3. The summed E-state index contributed by atoms with van der Waals surface area (Å²) >= 11 is 0. The summed E-state index contributed by atoms with van der Waals surface area (Å²) in [7, 11) is 0. The van der Waals surface area contributed by atoms with Gasteiger partial charge in [-0.1, -0.05) is 19.9 Å². The summed E-state index contributed by atoms with van der Waals surface area (Å²) in [4.78, 5) is 37.8. The van der Waals surface area contributed by atoms with Crippen molar-refractivity contribution >= 4 is 22.6 Å². The average molecular weight is 412 g/mol. The lowest BCUT2D eigenvalue weighted by Crippen LogP contribution is -2.43. The van der Waals surface area contributed by atoms with Gasteiger partial charge in [-0.05, 0) is 48.8 Å². The van der Waals surface area contributed by atoms with E-state index in [2.05, 4.69) is 10.6 Å². The van der Waals surface area contributed by atoms with Gasteiger partial charge in [0.2, 0.25) is 11.8 Å². The number of carbonyl (C=O) groups excluding carboxylic acids is 2. The minimum absolute atomic E-state index is 0.0944. The maximum absolute atomic E-state index is 13.7. The molecular weight excluding hydrogens is 387 g/mol. The second-order valence-electron chi connectivity index (χ2n) is 8.11. The molecule has 3 rings (SSSR count). The summed E-state index contributed by atoms with van der Waals surface area (Å²) in [6.07, 6.45) is 2.74. The van der Waals surface area contributed by atoms with Crippen LogP contribution in [0.25, 0.3) is 10.8 Å². The second-order valence-corrected chi connectivity index (χ2v) is 8.11. The first-order valence-corrected chi connectivity index (χ1v) is 10.1. The first-order valence-electron chi connectivity index (χ1n) is 10.1. The Labute approximate surface area is 173 Å². The van der Waals surface area contributed by atoms with Crippen molar-refractivity contribution in [2.45, 2.75) is 45.2 Å². The lowest BCUT2D eigenvalue weighted by molar-refractivity contribution is -0.126. The Hall–Kier alpha value is -3.21. The van der Waals surface area contributed by atoms with Gasteiger partial charge in [0.05, 0.1) is 11.5 Å². The van der Waals surface area contributed by atoms with Crippen LogP contribution in [0, 0.1) is 29.0 Å². The zero-order valence-corrected chi connectivity index (χ0v) is 17.0. The van der Waals surface area contributed by atoms with Crippen molar-refractivity contribution in [2.75, 3.05) is 6.54 Å². The number of benzene rings is 1. The van der Waals surface area contributed by atoms with Gasteiger partial charge in [-0.2, -0.15) is 5.26 Å². The lowest BCUT2D eigenvalue weighted by atomic mass is 9.98. The van der Waals surface area contributed by atoms with Crippen LogP contribution in [-0.2, 0) is 9.59 Å². The van der Waals surface area contributed by atoms with Gasteiger partial charge < -0.3 is 15.2 Å². The molecule has 7 nitrogen and oxygen atoms in total. The van der Waals surface area contributed by atoms with Crippen LogP contribution in [0.4, 0.5) is 4.39 Å². The quantitative estimate of drug-likeness (QED) is 0.728. The third-order valence-corrected chi connectivity index (χ3v) is 5.38. The van der Waals surface area contributed by atoms with Crippen molar-refractivity contribution in [1.29, 1.82) is 5.26 Å². The number of fused-ring (bicyclic) bond motifs is 1. The number of aromatic nitrogens is 1. The van der Waals surface area contributed by atoms with Crippen LogP contribution >= 0.6 is 0 Å². The van der Waals surface area contributed by atoms with Gasteiger partial charge in [-0.3, -0.25) is 14.4 Å². The molecule has 2 heterocycles. The van der Waals surface area contributed by atoms with E-state index in [4.69, 9.17) is 0 Å². The van der Waals surface area contributed by atoms with Gasteiger partial charge in [0.25, 0.3) is 5.56 Å². The fourth-order valence-electron chi connectivity index (χ4n) is 3.83. The highest BCUT2D eigenvalue weighted by molar-refractivity contribution is 5.84. The van der Waals surface area contributed by atoms with Crippen molar-refractivity contribution < 1.29 is 14.0 Å². The first kappa shape index (κ1) is 21.5. The minimum atomic E-state index is -0.849. The Balaban J connectivity index is 1.88. The van der Waals surface area contributed by atoms with Crippen LogP contribution in [0.5, 0.6) is 0 Å². The topological polar surface area (TPSA) is 104 Å². The molecule has 3 atom stereocenters. The van der Waals surface area contributed by atoms with Gasteiger partial charge in [0, 0.05) is 18.7 Å². The summed E-state index contributed by atoms with van der Waals surface area (Å²) in [5, 5.41) is 15.7. The predicted octanol–water partition coefficient (Wildman–Crippen LogP) is 2.26. The van der Waals surface area contributed by atoms with Gasteiger partial charge in [-0.15, -0.1) is 0 Å². The second kappa shape index (κ2) is 9.08.